The Hall–Kier alpha value is -5.16. The molecule has 0 aliphatic carbocycles. The molecule has 0 spiro atoms. The number of aliphatic hydroxyl groups excluding tert-OH is 1. The third kappa shape index (κ3) is 4.36. The van der Waals surface area contributed by atoms with Crippen molar-refractivity contribution in [1.82, 2.24) is 0 Å². The van der Waals surface area contributed by atoms with Gasteiger partial charge in [0.1, 0.15) is 46.7 Å². The van der Waals surface area contributed by atoms with Crippen LogP contribution in [0.3, 0.4) is 0 Å². The van der Waals surface area contributed by atoms with E-state index in [4.69, 9.17) is 9.47 Å². The third-order valence-corrected chi connectivity index (χ3v) is 7.62. The van der Waals surface area contributed by atoms with Gasteiger partial charge >= 0.3 is 0 Å². The molecule has 212 valence electrons. The standard InChI is InChI=1S/C30H26O11/c31-14-7-19(34)15-10-26(40-24(15)8-14)27(12-1-3-17(32)20(35)5-12)28-22(37)11-25-16(29(28)39)9-23(38)30(41-25)13-2-4-18(33)21(36)6-13/h1-8,11,23,26-27,30-39H,9-10H2/t23-,26-,27-,30-/m0/s1. The summed E-state index contributed by atoms with van der Waals surface area (Å²) in [4.78, 5) is 0. The van der Waals surface area contributed by atoms with E-state index < -0.39 is 47.2 Å². The largest absolute Gasteiger partial charge is 0.508 e. The number of fused-ring (bicyclic) bond motifs is 2. The van der Waals surface area contributed by atoms with Gasteiger partial charge in [-0.3, -0.25) is 0 Å². The fourth-order valence-electron chi connectivity index (χ4n) is 5.66. The van der Waals surface area contributed by atoms with Gasteiger partial charge in [0.15, 0.2) is 23.0 Å². The molecule has 0 saturated heterocycles. The van der Waals surface area contributed by atoms with Gasteiger partial charge in [-0.1, -0.05) is 12.1 Å². The molecule has 4 aromatic rings. The Morgan fingerprint density at radius 1 is 0.610 bits per heavy atom. The van der Waals surface area contributed by atoms with Crippen LogP contribution in [0.15, 0.2) is 54.6 Å². The van der Waals surface area contributed by atoms with Crippen LogP contribution in [0.1, 0.15) is 39.8 Å². The highest BCUT2D eigenvalue weighted by Gasteiger charge is 2.41. The van der Waals surface area contributed by atoms with Crippen molar-refractivity contribution in [2.75, 3.05) is 0 Å². The highest BCUT2D eigenvalue weighted by Crippen LogP contribution is 2.52. The molecule has 2 aliphatic rings. The Kier molecular flexibility index (Phi) is 6.04. The number of phenols is 8. The number of ether oxygens (including phenoxy) is 2. The monoisotopic (exact) mass is 562 g/mol. The van der Waals surface area contributed by atoms with E-state index >= 15 is 0 Å². The number of aromatic hydroxyl groups is 8. The molecule has 0 amide bonds. The van der Waals surface area contributed by atoms with Gasteiger partial charge in [-0.05, 0) is 35.4 Å². The summed E-state index contributed by atoms with van der Waals surface area (Å²) in [6.07, 6.45) is -3.01. The average Bonchev–Trinajstić information content (AvgIpc) is 3.34. The molecule has 0 unspecified atom stereocenters. The Morgan fingerprint density at radius 3 is 2.00 bits per heavy atom. The molecule has 0 saturated carbocycles. The summed E-state index contributed by atoms with van der Waals surface area (Å²) >= 11 is 0. The number of aliphatic hydroxyl groups is 1. The molecule has 2 aliphatic heterocycles. The first kappa shape index (κ1) is 26.1. The molecule has 11 nitrogen and oxygen atoms in total. The Bertz CT molecular complexity index is 1680. The Labute approximate surface area is 232 Å². The lowest BCUT2D eigenvalue weighted by molar-refractivity contribution is 0.0195. The van der Waals surface area contributed by atoms with E-state index in [0.29, 0.717) is 16.7 Å². The van der Waals surface area contributed by atoms with E-state index in [0.717, 1.165) is 0 Å². The molecule has 4 aromatic carbocycles. The van der Waals surface area contributed by atoms with E-state index in [1.807, 2.05) is 0 Å². The average molecular weight is 563 g/mol. The number of hydrogen-bond donors (Lipinski definition) is 9. The normalized spacial score (nSPS) is 20.0. The molecule has 11 heteroatoms. The fourth-order valence-corrected chi connectivity index (χ4v) is 5.66. The van der Waals surface area contributed by atoms with Gasteiger partial charge in [-0.15, -0.1) is 0 Å². The van der Waals surface area contributed by atoms with Crippen LogP contribution < -0.4 is 9.47 Å². The summed E-state index contributed by atoms with van der Waals surface area (Å²) in [6.45, 7) is 0. The van der Waals surface area contributed by atoms with Gasteiger partial charge in [0.2, 0.25) is 0 Å². The summed E-state index contributed by atoms with van der Waals surface area (Å²) in [6, 6.07) is 11.8. The zero-order valence-corrected chi connectivity index (χ0v) is 21.3. The lowest BCUT2D eigenvalue weighted by atomic mass is 9.81. The molecule has 6 rings (SSSR count). The summed E-state index contributed by atoms with van der Waals surface area (Å²) < 4.78 is 12.0. The highest BCUT2D eigenvalue weighted by molar-refractivity contribution is 5.63. The molecule has 0 fully saturated rings. The number of hydrogen-bond acceptors (Lipinski definition) is 11. The first-order chi connectivity index (χ1) is 19.5. The molecule has 0 radical (unpaired) electrons. The second-order valence-electron chi connectivity index (χ2n) is 10.2. The molecule has 0 bridgehead atoms. The molecule has 4 atom stereocenters. The topological polar surface area (TPSA) is 201 Å². The van der Waals surface area contributed by atoms with Crippen LogP contribution in [0.4, 0.5) is 0 Å². The molecule has 9 N–H and O–H groups in total. The summed E-state index contributed by atoms with van der Waals surface area (Å²) in [5, 5.41) is 93.7. The van der Waals surface area contributed by atoms with Crippen molar-refractivity contribution in [3.05, 3.63) is 82.4 Å². The maximum Gasteiger partial charge on any atom is 0.157 e. The van der Waals surface area contributed by atoms with Crippen LogP contribution >= 0.6 is 0 Å². The van der Waals surface area contributed by atoms with Crippen molar-refractivity contribution in [3.63, 3.8) is 0 Å². The number of rotatable bonds is 4. The second kappa shape index (κ2) is 9.49. The van der Waals surface area contributed by atoms with E-state index in [1.165, 1.54) is 54.6 Å². The third-order valence-electron chi connectivity index (χ3n) is 7.62. The quantitative estimate of drug-likeness (QED) is 0.165. The van der Waals surface area contributed by atoms with Gasteiger partial charge in [0.05, 0.1) is 12.0 Å². The highest BCUT2D eigenvalue weighted by atomic mass is 16.5. The predicted octanol–water partition coefficient (Wildman–Crippen LogP) is 3.50. The van der Waals surface area contributed by atoms with Crippen LogP contribution in [-0.2, 0) is 12.8 Å². The van der Waals surface area contributed by atoms with Gasteiger partial charge in [-0.2, -0.15) is 0 Å². The minimum Gasteiger partial charge on any atom is -0.508 e. The minimum atomic E-state index is -1.18. The maximum absolute atomic E-state index is 11.5. The van der Waals surface area contributed by atoms with Gasteiger partial charge in [-0.25, -0.2) is 0 Å². The van der Waals surface area contributed by atoms with Crippen molar-refractivity contribution in [3.8, 4) is 57.5 Å². The van der Waals surface area contributed by atoms with Crippen molar-refractivity contribution in [2.24, 2.45) is 0 Å². The Morgan fingerprint density at radius 2 is 1.29 bits per heavy atom. The van der Waals surface area contributed by atoms with E-state index in [9.17, 15) is 46.0 Å². The van der Waals surface area contributed by atoms with Crippen LogP contribution in [0.2, 0.25) is 0 Å². The number of phenolic OH excluding ortho intramolecular Hbond substituents is 8. The number of benzene rings is 4. The second-order valence-corrected chi connectivity index (χ2v) is 10.2. The van der Waals surface area contributed by atoms with Crippen molar-refractivity contribution in [1.29, 1.82) is 0 Å². The first-order valence-corrected chi connectivity index (χ1v) is 12.7. The first-order valence-electron chi connectivity index (χ1n) is 12.7. The van der Waals surface area contributed by atoms with Crippen molar-refractivity contribution < 1.29 is 55.4 Å². The fraction of sp³-hybridized carbons (Fsp3) is 0.200. The lowest BCUT2D eigenvalue weighted by Gasteiger charge is -2.33. The molecular weight excluding hydrogens is 536 g/mol. The van der Waals surface area contributed by atoms with Crippen molar-refractivity contribution in [2.45, 2.75) is 37.1 Å². The molecular formula is C30H26O11. The zero-order valence-electron chi connectivity index (χ0n) is 21.3. The molecule has 41 heavy (non-hydrogen) atoms. The summed E-state index contributed by atoms with van der Waals surface area (Å²) in [7, 11) is 0. The van der Waals surface area contributed by atoms with Crippen molar-refractivity contribution >= 4 is 0 Å². The SMILES string of the molecule is Oc1cc(O)c2c(c1)O[C@H]([C@H](c1ccc(O)c(O)c1)c1c(O)cc3c(c1O)C[C@H](O)[C@H](c1ccc(O)c(O)c1)O3)C2. The molecule has 0 aromatic heterocycles. The van der Waals surface area contributed by atoms with E-state index in [-0.39, 0.29) is 58.5 Å². The maximum atomic E-state index is 11.5. The van der Waals surface area contributed by atoms with E-state index in [1.54, 1.807) is 0 Å². The minimum absolute atomic E-state index is 0.00751. The Balaban J connectivity index is 1.44. The smallest absolute Gasteiger partial charge is 0.157 e. The van der Waals surface area contributed by atoms with E-state index in [2.05, 4.69) is 0 Å². The van der Waals surface area contributed by atoms with Crippen LogP contribution in [0, 0.1) is 0 Å². The van der Waals surface area contributed by atoms with Gasteiger partial charge in [0.25, 0.3) is 0 Å². The van der Waals surface area contributed by atoms with Crippen LogP contribution in [0.5, 0.6) is 57.5 Å². The lowest BCUT2D eigenvalue weighted by Crippen LogP contribution is -2.31. The molecule has 2 heterocycles. The van der Waals surface area contributed by atoms with Crippen LogP contribution in [0.25, 0.3) is 0 Å². The van der Waals surface area contributed by atoms with Gasteiger partial charge in [0, 0.05) is 47.7 Å². The summed E-state index contributed by atoms with van der Waals surface area (Å²) in [5.41, 5.74) is 1.29. The zero-order chi connectivity index (χ0) is 29.2. The van der Waals surface area contributed by atoms with Crippen LogP contribution in [-0.4, -0.2) is 58.2 Å². The predicted molar refractivity (Wildman–Crippen MR) is 142 cm³/mol. The van der Waals surface area contributed by atoms with Gasteiger partial charge < -0.3 is 55.4 Å². The summed E-state index contributed by atoms with van der Waals surface area (Å²) in [5.74, 6) is -3.46.